The van der Waals surface area contributed by atoms with Crippen molar-refractivity contribution in [1.29, 1.82) is 0 Å². The van der Waals surface area contributed by atoms with Gasteiger partial charge in [-0.15, -0.1) is 0 Å². The van der Waals surface area contributed by atoms with E-state index in [0.29, 0.717) is 50.0 Å². The molecule has 0 radical (unpaired) electrons. The Morgan fingerprint density at radius 2 is 1.49 bits per heavy atom. The molecule has 1 aliphatic carbocycles. The van der Waals surface area contributed by atoms with Crippen LogP contribution in [0.1, 0.15) is 66.3 Å². The van der Waals surface area contributed by atoms with E-state index < -0.39 is 29.5 Å². The van der Waals surface area contributed by atoms with E-state index >= 15 is 0 Å². The SMILES string of the molecule is O=C(Nc1ccc(C2CCN(C(=O)C3CCC(C(=O)O)CC3)CC2)cc1)c1nc(-c2ccccc2)oc1C(F)(F)F. The van der Waals surface area contributed by atoms with Crippen molar-refractivity contribution in [2.45, 2.75) is 50.6 Å². The topological polar surface area (TPSA) is 113 Å². The van der Waals surface area contributed by atoms with E-state index in [1.165, 1.54) is 0 Å². The molecule has 11 heteroatoms. The molecule has 1 saturated carbocycles. The quantitative estimate of drug-likeness (QED) is 0.365. The second-order valence-corrected chi connectivity index (χ2v) is 10.6. The van der Waals surface area contributed by atoms with E-state index in [1.54, 1.807) is 42.5 Å². The Balaban J connectivity index is 1.18. The number of halogens is 3. The third-order valence-electron chi connectivity index (χ3n) is 7.99. The Kier molecular flexibility index (Phi) is 8.14. The number of carboxylic acids is 1. The van der Waals surface area contributed by atoms with E-state index in [1.807, 2.05) is 17.0 Å². The van der Waals surface area contributed by atoms with Crippen molar-refractivity contribution >= 4 is 23.5 Å². The van der Waals surface area contributed by atoms with Gasteiger partial charge in [0.15, 0.2) is 5.69 Å². The fourth-order valence-electron chi connectivity index (χ4n) is 5.68. The van der Waals surface area contributed by atoms with Gasteiger partial charge in [0.1, 0.15) is 0 Å². The van der Waals surface area contributed by atoms with Gasteiger partial charge in [-0.25, -0.2) is 4.98 Å². The summed E-state index contributed by atoms with van der Waals surface area (Å²) < 4.78 is 45.8. The maximum absolute atomic E-state index is 13.6. The molecule has 1 saturated heterocycles. The number of alkyl halides is 3. The summed E-state index contributed by atoms with van der Waals surface area (Å²) in [7, 11) is 0. The number of carbonyl (C=O) groups excluding carboxylic acids is 2. The van der Waals surface area contributed by atoms with Crippen LogP contribution in [0.4, 0.5) is 18.9 Å². The molecule has 2 aromatic carbocycles. The lowest BCUT2D eigenvalue weighted by molar-refractivity contribution is -0.153. The predicted molar refractivity (Wildman–Crippen MR) is 143 cm³/mol. The first-order chi connectivity index (χ1) is 19.6. The number of aliphatic carboxylic acids is 1. The van der Waals surface area contributed by atoms with Crippen LogP contribution in [0, 0.1) is 11.8 Å². The summed E-state index contributed by atoms with van der Waals surface area (Å²) in [5, 5.41) is 11.7. The summed E-state index contributed by atoms with van der Waals surface area (Å²) in [5.41, 5.74) is 0.815. The standard InChI is InChI=1S/C30H30F3N3O5/c31-30(32,33)25-24(35-27(41-25)20-4-2-1-3-5-20)26(37)34-23-12-10-18(11-13-23)19-14-16-36(17-15-19)28(38)21-6-8-22(9-7-21)29(39)40/h1-5,10-13,19,21-22H,6-9,14-17H2,(H,34,37)(H,39,40). The summed E-state index contributed by atoms with van der Waals surface area (Å²) in [5.74, 6) is -3.73. The Bertz CT molecular complexity index is 1390. The molecular weight excluding hydrogens is 539 g/mol. The molecule has 1 aromatic heterocycles. The number of piperidine rings is 1. The Morgan fingerprint density at radius 1 is 0.878 bits per heavy atom. The zero-order chi connectivity index (χ0) is 29.1. The number of benzene rings is 2. The van der Waals surface area contributed by atoms with Crippen LogP contribution < -0.4 is 5.32 Å². The van der Waals surface area contributed by atoms with E-state index in [9.17, 15) is 32.7 Å². The van der Waals surface area contributed by atoms with Gasteiger partial charge in [0.2, 0.25) is 17.6 Å². The molecule has 0 unspecified atom stereocenters. The minimum absolute atomic E-state index is 0.104. The highest BCUT2D eigenvalue weighted by Gasteiger charge is 2.42. The average Bonchev–Trinajstić information content (AvgIpc) is 3.45. The molecule has 8 nitrogen and oxygen atoms in total. The first kappa shape index (κ1) is 28.4. The molecule has 216 valence electrons. The third kappa shape index (κ3) is 6.44. The molecule has 2 amide bonds. The summed E-state index contributed by atoms with van der Waals surface area (Å²) in [6.07, 6.45) is -1.09. The molecule has 1 aliphatic heterocycles. The minimum Gasteiger partial charge on any atom is -0.481 e. The molecule has 41 heavy (non-hydrogen) atoms. The minimum atomic E-state index is -4.90. The monoisotopic (exact) mass is 569 g/mol. The van der Waals surface area contributed by atoms with Crippen LogP contribution >= 0.6 is 0 Å². The van der Waals surface area contributed by atoms with Crippen molar-refractivity contribution in [3.05, 3.63) is 71.6 Å². The lowest BCUT2D eigenvalue weighted by Gasteiger charge is -2.36. The second-order valence-electron chi connectivity index (χ2n) is 10.6. The lowest BCUT2D eigenvalue weighted by atomic mass is 9.81. The molecule has 3 aromatic rings. The predicted octanol–water partition coefficient (Wildman–Crippen LogP) is 6.21. The molecule has 2 heterocycles. The fraction of sp³-hybridized carbons (Fsp3) is 0.400. The Labute approximate surface area is 234 Å². The average molecular weight is 570 g/mol. The fourth-order valence-corrected chi connectivity index (χ4v) is 5.68. The number of oxazole rings is 1. The van der Waals surface area contributed by atoms with Gasteiger partial charge in [0.05, 0.1) is 5.92 Å². The number of carbonyl (C=O) groups is 3. The molecule has 2 aliphatic rings. The zero-order valence-electron chi connectivity index (χ0n) is 22.2. The smallest absolute Gasteiger partial charge is 0.452 e. The van der Waals surface area contributed by atoms with Crippen molar-refractivity contribution in [1.82, 2.24) is 9.88 Å². The summed E-state index contributed by atoms with van der Waals surface area (Å²) >= 11 is 0. The number of carboxylic acid groups (broad SMARTS) is 1. The lowest BCUT2D eigenvalue weighted by Crippen LogP contribution is -2.42. The number of hydrogen-bond acceptors (Lipinski definition) is 5. The summed E-state index contributed by atoms with van der Waals surface area (Å²) in [6.45, 7) is 1.22. The number of amides is 2. The maximum atomic E-state index is 13.6. The van der Waals surface area contributed by atoms with Crippen LogP contribution in [0.25, 0.3) is 11.5 Å². The van der Waals surface area contributed by atoms with E-state index in [2.05, 4.69) is 10.3 Å². The van der Waals surface area contributed by atoms with E-state index in [4.69, 9.17) is 4.42 Å². The molecule has 0 spiro atoms. The van der Waals surface area contributed by atoms with Crippen LogP contribution in [0.15, 0.2) is 59.0 Å². The van der Waals surface area contributed by atoms with Crippen LogP contribution in [-0.2, 0) is 15.8 Å². The Hall–Kier alpha value is -4.15. The zero-order valence-corrected chi connectivity index (χ0v) is 22.2. The molecular formula is C30H30F3N3O5. The van der Waals surface area contributed by atoms with Gasteiger partial charge in [0.25, 0.3) is 5.91 Å². The van der Waals surface area contributed by atoms with Gasteiger partial charge in [0, 0.05) is 30.3 Å². The number of aromatic nitrogens is 1. The maximum Gasteiger partial charge on any atom is 0.452 e. The number of anilines is 1. The highest BCUT2D eigenvalue weighted by Crippen LogP contribution is 2.36. The highest BCUT2D eigenvalue weighted by molar-refractivity contribution is 6.04. The molecule has 5 rings (SSSR count). The first-order valence-corrected chi connectivity index (χ1v) is 13.7. The number of likely N-dealkylation sites (tertiary alicyclic amines) is 1. The van der Waals surface area contributed by atoms with Gasteiger partial charge < -0.3 is 19.7 Å². The van der Waals surface area contributed by atoms with Gasteiger partial charge in [-0.05, 0) is 74.3 Å². The van der Waals surface area contributed by atoms with Crippen LogP contribution in [0.2, 0.25) is 0 Å². The first-order valence-electron chi connectivity index (χ1n) is 13.7. The van der Waals surface area contributed by atoms with Crippen LogP contribution in [-0.4, -0.2) is 45.9 Å². The molecule has 0 bridgehead atoms. The molecule has 0 atom stereocenters. The van der Waals surface area contributed by atoms with Crippen molar-refractivity contribution < 1.29 is 37.1 Å². The van der Waals surface area contributed by atoms with Crippen LogP contribution in [0.5, 0.6) is 0 Å². The number of rotatable bonds is 6. The van der Waals surface area contributed by atoms with E-state index in [-0.39, 0.29) is 29.6 Å². The Morgan fingerprint density at radius 3 is 2.07 bits per heavy atom. The van der Waals surface area contributed by atoms with Gasteiger partial charge in [-0.1, -0.05) is 30.3 Å². The largest absolute Gasteiger partial charge is 0.481 e. The van der Waals surface area contributed by atoms with Crippen molar-refractivity contribution in [3.8, 4) is 11.5 Å². The van der Waals surface area contributed by atoms with Crippen molar-refractivity contribution in [3.63, 3.8) is 0 Å². The number of nitrogens with zero attached hydrogens (tertiary/aromatic N) is 2. The van der Waals surface area contributed by atoms with Crippen LogP contribution in [0.3, 0.4) is 0 Å². The van der Waals surface area contributed by atoms with Gasteiger partial charge >= 0.3 is 12.1 Å². The molecule has 2 fully saturated rings. The second kappa shape index (κ2) is 11.8. The number of hydrogen-bond donors (Lipinski definition) is 2. The number of nitrogens with one attached hydrogen (secondary N) is 1. The third-order valence-corrected chi connectivity index (χ3v) is 7.99. The normalized spacial score (nSPS) is 20.0. The summed E-state index contributed by atoms with van der Waals surface area (Å²) in [4.78, 5) is 42.6. The van der Waals surface area contributed by atoms with E-state index in [0.717, 1.165) is 18.4 Å². The molecule has 2 N–H and O–H groups in total. The van der Waals surface area contributed by atoms with Gasteiger partial charge in [-0.3, -0.25) is 14.4 Å². The highest BCUT2D eigenvalue weighted by atomic mass is 19.4. The van der Waals surface area contributed by atoms with Crippen molar-refractivity contribution in [2.24, 2.45) is 11.8 Å². The van der Waals surface area contributed by atoms with Crippen molar-refractivity contribution in [2.75, 3.05) is 18.4 Å². The summed E-state index contributed by atoms with van der Waals surface area (Å²) in [6, 6.07) is 15.0. The van der Waals surface area contributed by atoms with Gasteiger partial charge in [-0.2, -0.15) is 13.2 Å².